The number of hydrogen-bond acceptors (Lipinski definition) is 5. The Morgan fingerprint density at radius 1 is 1.52 bits per heavy atom. The number of fused-ring (bicyclic) bond motifs is 1. The van der Waals surface area contributed by atoms with Gasteiger partial charge in [0.05, 0.1) is 24.2 Å². The zero-order valence-electron chi connectivity index (χ0n) is 12.1. The highest BCUT2D eigenvalue weighted by atomic mass is 127. The summed E-state index contributed by atoms with van der Waals surface area (Å²) in [5, 5.41) is 10.9. The van der Waals surface area contributed by atoms with Crippen molar-refractivity contribution in [1.29, 1.82) is 0 Å². The Kier molecular flexibility index (Phi) is 4.99. The van der Waals surface area contributed by atoms with E-state index in [1.165, 1.54) is 0 Å². The van der Waals surface area contributed by atoms with Gasteiger partial charge in [-0.1, -0.05) is 0 Å². The van der Waals surface area contributed by atoms with Crippen molar-refractivity contribution in [3.8, 4) is 0 Å². The summed E-state index contributed by atoms with van der Waals surface area (Å²) in [4.78, 5) is 10.1. The van der Waals surface area contributed by atoms with Gasteiger partial charge in [-0.3, -0.25) is 0 Å². The maximum Gasteiger partial charge on any atom is 0.225 e. The Labute approximate surface area is 159 Å². The molecule has 1 fully saturated rings. The van der Waals surface area contributed by atoms with Gasteiger partial charge >= 0.3 is 0 Å². The second-order valence-electron chi connectivity index (χ2n) is 5.67. The third-order valence-corrected chi connectivity index (χ3v) is 6.07. The maximum absolute atomic E-state index is 14.5. The monoisotopic (exact) mass is 515 g/mol. The summed E-state index contributed by atoms with van der Waals surface area (Å²) in [5.74, 6) is 0.0189. The molecule has 1 atom stereocenters. The van der Waals surface area contributed by atoms with Crippen molar-refractivity contribution in [2.24, 2.45) is 0 Å². The van der Waals surface area contributed by atoms with Gasteiger partial charge < -0.3 is 14.7 Å². The number of halogens is 4. The minimum atomic E-state index is -1.03. The molecule has 124 valence electrons. The number of benzene rings is 1. The van der Waals surface area contributed by atoms with E-state index in [1.54, 1.807) is 13.0 Å². The molecule has 2 aromatic rings. The molecule has 0 unspecified atom stereocenters. The zero-order chi connectivity index (χ0) is 16.8. The van der Waals surface area contributed by atoms with Gasteiger partial charge in [0, 0.05) is 15.5 Å². The van der Waals surface area contributed by atoms with Gasteiger partial charge in [0.25, 0.3) is 0 Å². The first-order chi connectivity index (χ1) is 10.8. The molecule has 0 bridgehead atoms. The fraction of sp³-hybridized carbons (Fsp3) is 0.429. The van der Waals surface area contributed by atoms with E-state index in [0.717, 1.165) is 0 Å². The van der Waals surface area contributed by atoms with Crippen molar-refractivity contribution < 1.29 is 14.2 Å². The van der Waals surface area contributed by atoms with Gasteiger partial charge in [0.15, 0.2) is 5.82 Å². The Morgan fingerprint density at radius 3 is 3.00 bits per heavy atom. The lowest BCUT2D eigenvalue weighted by Crippen LogP contribution is -2.42. The van der Waals surface area contributed by atoms with E-state index in [-0.39, 0.29) is 17.4 Å². The molecule has 2 heterocycles. The van der Waals surface area contributed by atoms with Gasteiger partial charge in [0.2, 0.25) is 5.28 Å². The minimum absolute atomic E-state index is 0.0377. The first-order valence-electron chi connectivity index (χ1n) is 6.84. The predicted molar refractivity (Wildman–Crippen MR) is 98.6 cm³/mol. The topological polar surface area (TPSA) is 58.5 Å². The molecule has 23 heavy (non-hydrogen) atoms. The molecule has 1 aliphatic heterocycles. The standard InChI is InChI=1S/C14H13BrClFIN3O2/c1-14(22)5-21(2-3-23-6-14)12-7-4-8(18)9(15)10(17)11(7)19-13(16)20-12/h4,22H,2-3,5-6H2,1H3/t14-/m0/s1. The van der Waals surface area contributed by atoms with E-state index in [1.807, 2.05) is 27.5 Å². The Bertz CT molecular complexity index is 778. The van der Waals surface area contributed by atoms with Crippen LogP contribution in [0.25, 0.3) is 10.9 Å². The lowest BCUT2D eigenvalue weighted by molar-refractivity contribution is -0.0123. The number of aromatic nitrogens is 2. The summed E-state index contributed by atoms with van der Waals surface area (Å²) < 4.78 is 21.0. The largest absolute Gasteiger partial charge is 0.386 e. The van der Waals surface area contributed by atoms with Gasteiger partial charge in [-0.15, -0.1) is 0 Å². The van der Waals surface area contributed by atoms with Crippen LogP contribution in [-0.4, -0.2) is 47.0 Å². The van der Waals surface area contributed by atoms with Crippen LogP contribution in [0, 0.1) is 9.39 Å². The SMILES string of the molecule is C[C@@]1(O)COCCN(c2nc(Cl)nc3c(F)c(Br)c(I)cc23)C1. The molecular formula is C14H13BrClFIN3O2. The average molecular weight is 517 g/mol. The van der Waals surface area contributed by atoms with Crippen LogP contribution in [0.5, 0.6) is 0 Å². The second kappa shape index (κ2) is 6.55. The lowest BCUT2D eigenvalue weighted by atomic mass is 10.1. The van der Waals surface area contributed by atoms with E-state index in [0.29, 0.717) is 38.9 Å². The highest BCUT2D eigenvalue weighted by Gasteiger charge is 2.30. The van der Waals surface area contributed by atoms with Gasteiger partial charge in [-0.05, 0) is 63.1 Å². The lowest BCUT2D eigenvalue weighted by Gasteiger charge is -2.29. The van der Waals surface area contributed by atoms with Crippen LogP contribution >= 0.6 is 50.1 Å². The molecule has 1 saturated heterocycles. The predicted octanol–water partition coefficient (Wildman–Crippen LogP) is 3.38. The van der Waals surface area contributed by atoms with Crippen LogP contribution < -0.4 is 4.90 Å². The average Bonchev–Trinajstić information content (AvgIpc) is 2.66. The third kappa shape index (κ3) is 3.55. The minimum Gasteiger partial charge on any atom is -0.386 e. The van der Waals surface area contributed by atoms with Crippen molar-refractivity contribution in [2.45, 2.75) is 12.5 Å². The van der Waals surface area contributed by atoms with Crippen molar-refractivity contribution >= 4 is 66.8 Å². The van der Waals surface area contributed by atoms with Gasteiger partial charge in [0.1, 0.15) is 16.9 Å². The summed E-state index contributed by atoms with van der Waals surface area (Å²) >= 11 is 11.2. The van der Waals surface area contributed by atoms with E-state index in [4.69, 9.17) is 16.3 Å². The summed E-state index contributed by atoms with van der Waals surface area (Å²) in [6.45, 7) is 3.20. The van der Waals surface area contributed by atoms with Crippen molar-refractivity contribution in [2.75, 3.05) is 31.2 Å². The summed E-state index contributed by atoms with van der Waals surface area (Å²) in [6.07, 6.45) is 0. The van der Waals surface area contributed by atoms with E-state index >= 15 is 0 Å². The van der Waals surface area contributed by atoms with Crippen molar-refractivity contribution in [3.05, 3.63) is 25.2 Å². The molecule has 1 aliphatic rings. The van der Waals surface area contributed by atoms with Crippen LogP contribution in [0.15, 0.2) is 10.5 Å². The highest BCUT2D eigenvalue weighted by molar-refractivity contribution is 14.1. The summed E-state index contributed by atoms with van der Waals surface area (Å²) in [7, 11) is 0. The Balaban J connectivity index is 2.20. The number of rotatable bonds is 1. The molecule has 0 amide bonds. The first-order valence-corrected chi connectivity index (χ1v) is 9.09. The smallest absolute Gasteiger partial charge is 0.225 e. The molecule has 0 radical (unpaired) electrons. The normalized spacial score (nSPS) is 22.4. The van der Waals surface area contributed by atoms with Crippen molar-refractivity contribution in [3.63, 3.8) is 0 Å². The molecule has 3 rings (SSSR count). The number of ether oxygens (including phenoxy) is 1. The number of nitrogens with zero attached hydrogens (tertiary/aromatic N) is 3. The molecule has 5 nitrogen and oxygen atoms in total. The van der Waals surface area contributed by atoms with Crippen LogP contribution in [-0.2, 0) is 4.74 Å². The Morgan fingerprint density at radius 2 is 2.26 bits per heavy atom. The maximum atomic E-state index is 14.5. The quantitative estimate of drug-likeness (QED) is 0.358. The van der Waals surface area contributed by atoms with Gasteiger partial charge in [-0.25, -0.2) is 9.37 Å². The van der Waals surface area contributed by atoms with Crippen LogP contribution in [0.1, 0.15) is 6.92 Å². The number of anilines is 1. The molecule has 0 spiro atoms. The van der Waals surface area contributed by atoms with E-state index < -0.39 is 11.4 Å². The Hall–Kier alpha value is -0.290. The number of aliphatic hydroxyl groups is 1. The number of β-amino-alcohol motifs (C(OH)–C–C–N with tert-alkyl or cyclic N) is 1. The van der Waals surface area contributed by atoms with Crippen molar-refractivity contribution in [1.82, 2.24) is 9.97 Å². The fourth-order valence-corrected chi connectivity index (χ4v) is 3.57. The van der Waals surface area contributed by atoms with E-state index in [9.17, 15) is 9.50 Å². The molecule has 1 aromatic carbocycles. The molecular weight excluding hydrogens is 503 g/mol. The second-order valence-corrected chi connectivity index (χ2v) is 7.96. The van der Waals surface area contributed by atoms with E-state index in [2.05, 4.69) is 25.9 Å². The fourth-order valence-electron chi connectivity index (χ4n) is 2.55. The first kappa shape index (κ1) is 17.5. The third-order valence-electron chi connectivity index (χ3n) is 3.53. The summed E-state index contributed by atoms with van der Waals surface area (Å²) in [5.41, 5.74) is -0.876. The van der Waals surface area contributed by atoms with Crippen LogP contribution in [0.4, 0.5) is 10.2 Å². The highest BCUT2D eigenvalue weighted by Crippen LogP contribution is 2.34. The molecule has 9 heteroatoms. The molecule has 1 aromatic heterocycles. The number of hydrogen-bond donors (Lipinski definition) is 1. The molecule has 0 saturated carbocycles. The van der Waals surface area contributed by atoms with Gasteiger partial charge in [-0.2, -0.15) is 4.98 Å². The zero-order valence-corrected chi connectivity index (χ0v) is 16.6. The molecule has 1 N–H and O–H groups in total. The molecule has 0 aliphatic carbocycles. The van der Waals surface area contributed by atoms with Crippen LogP contribution in [0.2, 0.25) is 5.28 Å². The summed E-state index contributed by atoms with van der Waals surface area (Å²) in [6, 6.07) is 1.80. The van der Waals surface area contributed by atoms with Crippen LogP contribution in [0.3, 0.4) is 0 Å².